The van der Waals surface area contributed by atoms with Gasteiger partial charge in [0.25, 0.3) is 5.91 Å². The minimum absolute atomic E-state index is 0.00156. The van der Waals surface area contributed by atoms with Crippen molar-refractivity contribution in [3.05, 3.63) is 53.6 Å². The first-order chi connectivity index (χ1) is 11.7. The lowest BCUT2D eigenvalue weighted by Gasteiger charge is -2.14. The van der Waals surface area contributed by atoms with Gasteiger partial charge in [-0.05, 0) is 44.2 Å². The van der Waals surface area contributed by atoms with Crippen LogP contribution in [0, 0.1) is 6.92 Å². The average molecular weight is 353 g/mol. The number of carbonyl (C=O) groups excluding carboxylic acids is 2. The smallest absolute Gasteiger partial charge is 0.416 e. The van der Waals surface area contributed by atoms with Crippen molar-refractivity contribution < 1.29 is 27.5 Å². The Bertz CT molecular complexity index is 776. The van der Waals surface area contributed by atoms with Crippen LogP contribution in [-0.2, 0) is 15.7 Å². The molecule has 0 aliphatic rings. The fraction of sp³-hybridized carbons (Fsp3) is 0.250. The van der Waals surface area contributed by atoms with Gasteiger partial charge in [-0.25, -0.2) is 14.8 Å². The second-order valence-corrected chi connectivity index (χ2v) is 5.10. The van der Waals surface area contributed by atoms with Crippen LogP contribution in [0.4, 0.5) is 18.9 Å². The van der Waals surface area contributed by atoms with Crippen molar-refractivity contribution in [1.82, 2.24) is 9.97 Å². The van der Waals surface area contributed by atoms with Gasteiger partial charge in [0.1, 0.15) is 5.82 Å². The van der Waals surface area contributed by atoms with E-state index in [-0.39, 0.29) is 11.4 Å². The van der Waals surface area contributed by atoms with Crippen molar-refractivity contribution in [3.8, 4) is 0 Å². The number of alkyl halides is 3. The van der Waals surface area contributed by atoms with Gasteiger partial charge in [0.05, 0.1) is 5.56 Å². The fourth-order valence-corrected chi connectivity index (χ4v) is 1.83. The van der Waals surface area contributed by atoms with E-state index in [0.29, 0.717) is 5.82 Å². The van der Waals surface area contributed by atoms with Crippen LogP contribution in [-0.4, -0.2) is 27.9 Å². The third kappa shape index (κ3) is 5.00. The van der Waals surface area contributed by atoms with Crippen molar-refractivity contribution >= 4 is 17.6 Å². The number of aromatic nitrogens is 2. The van der Waals surface area contributed by atoms with Gasteiger partial charge in [-0.2, -0.15) is 13.2 Å². The van der Waals surface area contributed by atoms with Gasteiger partial charge in [0, 0.05) is 11.9 Å². The average Bonchev–Trinajstić information content (AvgIpc) is 2.54. The number of amides is 1. The number of anilines is 1. The van der Waals surface area contributed by atoms with E-state index in [2.05, 4.69) is 15.3 Å². The number of esters is 1. The molecule has 1 aromatic carbocycles. The van der Waals surface area contributed by atoms with E-state index in [1.807, 2.05) is 0 Å². The van der Waals surface area contributed by atoms with Crippen molar-refractivity contribution in [2.75, 3.05) is 5.32 Å². The number of hydrogen-bond acceptors (Lipinski definition) is 5. The maximum absolute atomic E-state index is 12.5. The van der Waals surface area contributed by atoms with Crippen LogP contribution in [0.1, 0.15) is 28.8 Å². The highest BCUT2D eigenvalue weighted by Gasteiger charge is 2.30. The summed E-state index contributed by atoms with van der Waals surface area (Å²) in [6.45, 7) is 2.93. The molecule has 0 aliphatic carbocycles. The molecule has 1 N–H and O–H groups in total. The molecule has 1 unspecified atom stereocenters. The normalized spacial score (nSPS) is 12.4. The van der Waals surface area contributed by atoms with E-state index in [4.69, 9.17) is 4.74 Å². The maximum Gasteiger partial charge on any atom is 0.416 e. The summed E-state index contributed by atoms with van der Waals surface area (Å²) in [6.07, 6.45) is -4.24. The van der Waals surface area contributed by atoms with Gasteiger partial charge in [0.2, 0.25) is 0 Å². The zero-order valence-corrected chi connectivity index (χ0v) is 13.3. The Kier molecular flexibility index (Phi) is 5.35. The number of rotatable bonds is 4. The summed E-state index contributed by atoms with van der Waals surface area (Å²) in [6, 6.07) is 5.26. The molecule has 0 saturated heterocycles. The molecule has 1 aromatic heterocycles. The fourth-order valence-electron chi connectivity index (χ4n) is 1.83. The summed E-state index contributed by atoms with van der Waals surface area (Å²) in [4.78, 5) is 31.6. The number of hydrogen-bond donors (Lipinski definition) is 1. The lowest BCUT2D eigenvalue weighted by atomic mass is 10.2. The Morgan fingerprint density at radius 2 is 1.80 bits per heavy atom. The van der Waals surface area contributed by atoms with Crippen molar-refractivity contribution in [2.45, 2.75) is 26.1 Å². The Hall–Kier alpha value is -2.97. The van der Waals surface area contributed by atoms with E-state index >= 15 is 0 Å². The van der Waals surface area contributed by atoms with Crippen molar-refractivity contribution in [3.63, 3.8) is 0 Å². The molecule has 0 radical (unpaired) electrons. The molecule has 2 rings (SSSR count). The van der Waals surface area contributed by atoms with Crippen LogP contribution in [0.15, 0.2) is 36.5 Å². The quantitative estimate of drug-likeness (QED) is 0.855. The van der Waals surface area contributed by atoms with Gasteiger partial charge in [-0.15, -0.1) is 0 Å². The predicted molar refractivity (Wildman–Crippen MR) is 81.7 cm³/mol. The summed E-state index contributed by atoms with van der Waals surface area (Å²) in [7, 11) is 0. The molecule has 0 bridgehead atoms. The molecule has 132 valence electrons. The van der Waals surface area contributed by atoms with Gasteiger partial charge < -0.3 is 10.1 Å². The number of benzene rings is 1. The molecule has 0 fully saturated rings. The van der Waals surface area contributed by atoms with Crippen LogP contribution in [0.5, 0.6) is 0 Å². The number of halogens is 3. The topological polar surface area (TPSA) is 81.2 Å². The Balaban J connectivity index is 1.97. The van der Waals surface area contributed by atoms with Crippen LogP contribution < -0.4 is 5.32 Å². The first-order valence-electron chi connectivity index (χ1n) is 7.15. The number of carbonyl (C=O) groups is 2. The van der Waals surface area contributed by atoms with Gasteiger partial charge in [-0.3, -0.25) is 4.79 Å². The predicted octanol–water partition coefficient (Wildman–Crippen LogP) is 2.99. The summed E-state index contributed by atoms with van der Waals surface area (Å²) < 4.78 is 42.4. The molecule has 0 spiro atoms. The highest BCUT2D eigenvalue weighted by atomic mass is 19.4. The number of ether oxygens (including phenoxy) is 1. The standard InChI is InChI=1S/C16H14F3N3O3/c1-9(25-15(24)13-7-8-20-10(2)21-13)14(23)22-12-5-3-11(4-6-12)16(17,18)19/h3-9H,1-2H3,(H,22,23). The van der Waals surface area contributed by atoms with E-state index in [9.17, 15) is 22.8 Å². The minimum atomic E-state index is -4.46. The lowest BCUT2D eigenvalue weighted by Crippen LogP contribution is -2.30. The molecule has 0 saturated carbocycles. The molecule has 6 nitrogen and oxygen atoms in total. The zero-order chi connectivity index (χ0) is 18.6. The molecule has 25 heavy (non-hydrogen) atoms. The second-order valence-electron chi connectivity index (χ2n) is 5.10. The monoisotopic (exact) mass is 353 g/mol. The van der Waals surface area contributed by atoms with Gasteiger partial charge in [-0.1, -0.05) is 0 Å². The van der Waals surface area contributed by atoms with Crippen LogP contribution in [0.25, 0.3) is 0 Å². The maximum atomic E-state index is 12.5. The van der Waals surface area contributed by atoms with Crippen LogP contribution in [0.2, 0.25) is 0 Å². The summed E-state index contributed by atoms with van der Waals surface area (Å²) >= 11 is 0. The zero-order valence-electron chi connectivity index (χ0n) is 13.3. The first-order valence-corrected chi connectivity index (χ1v) is 7.15. The van der Waals surface area contributed by atoms with Crippen molar-refractivity contribution in [1.29, 1.82) is 0 Å². The third-order valence-corrected chi connectivity index (χ3v) is 3.12. The van der Waals surface area contributed by atoms with E-state index in [0.717, 1.165) is 24.3 Å². The van der Waals surface area contributed by atoms with E-state index in [1.165, 1.54) is 19.2 Å². The molecular formula is C16H14F3N3O3. The van der Waals surface area contributed by atoms with Crippen molar-refractivity contribution in [2.24, 2.45) is 0 Å². The number of nitrogens with one attached hydrogen (secondary N) is 1. The molecule has 1 heterocycles. The number of nitrogens with zero attached hydrogens (tertiary/aromatic N) is 2. The third-order valence-electron chi connectivity index (χ3n) is 3.12. The molecule has 9 heteroatoms. The molecular weight excluding hydrogens is 339 g/mol. The SMILES string of the molecule is Cc1nccc(C(=O)OC(C)C(=O)Nc2ccc(C(F)(F)F)cc2)n1. The minimum Gasteiger partial charge on any atom is -0.448 e. The second kappa shape index (κ2) is 7.29. The highest BCUT2D eigenvalue weighted by Crippen LogP contribution is 2.29. The highest BCUT2D eigenvalue weighted by molar-refractivity contribution is 5.96. The molecule has 1 amide bonds. The van der Waals surface area contributed by atoms with Gasteiger partial charge in [0.15, 0.2) is 11.8 Å². The summed E-state index contributed by atoms with van der Waals surface area (Å²) in [5.74, 6) is -1.12. The Morgan fingerprint density at radius 3 is 2.36 bits per heavy atom. The Morgan fingerprint density at radius 1 is 1.16 bits per heavy atom. The van der Waals surface area contributed by atoms with Crippen LogP contribution in [0.3, 0.4) is 0 Å². The summed E-state index contributed by atoms with van der Waals surface area (Å²) in [5.41, 5.74) is -0.676. The van der Waals surface area contributed by atoms with Gasteiger partial charge >= 0.3 is 12.1 Å². The van der Waals surface area contributed by atoms with Crippen LogP contribution >= 0.6 is 0 Å². The largest absolute Gasteiger partial charge is 0.448 e. The van der Waals surface area contributed by atoms with E-state index < -0.39 is 29.7 Å². The molecule has 1 atom stereocenters. The Labute approximate surface area is 141 Å². The first kappa shape index (κ1) is 18.4. The number of aryl methyl sites for hydroxylation is 1. The molecule has 0 aliphatic heterocycles. The van der Waals surface area contributed by atoms with E-state index in [1.54, 1.807) is 6.92 Å². The lowest BCUT2D eigenvalue weighted by molar-refractivity contribution is -0.137. The molecule has 2 aromatic rings. The summed E-state index contributed by atoms with van der Waals surface area (Å²) in [5, 5.41) is 2.37.